The standard InChI is InChI=1S/C13H21NO3/c1-10(9-15)14(2)8-11-7-12(16-3)5-6-13(11)17-4/h5-7,10,15H,8-9H2,1-4H3. The van der Waals surface area contributed by atoms with Crippen molar-refractivity contribution in [2.45, 2.75) is 19.5 Å². The summed E-state index contributed by atoms with van der Waals surface area (Å²) in [5, 5.41) is 9.11. The molecule has 0 spiro atoms. The van der Waals surface area contributed by atoms with Crippen LogP contribution in [0.3, 0.4) is 0 Å². The van der Waals surface area contributed by atoms with Crippen LogP contribution in [0.4, 0.5) is 0 Å². The van der Waals surface area contributed by atoms with Crippen LogP contribution in [0.5, 0.6) is 11.5 Å². The lowest BCUT2D eigenvalue weighted by atomic mass is 10.1. The molecule has 1 N–H and O–H groups in total. The number of benzene rings is 1. The van der Waals surface area contributed by atoms with E-state index in [2.05, 4.69) is 4.90 Å². The molecule has 0 heterocycles. The summed E-state index contributed by atoms with van der Waals surface area (Å²) in [5.74, 6) is 1.65. The van der Waals surface area contributed by atoms with E-state index in [1.807, 2.05) is 32.2 Å². The fraction of sp³-hybridized carbons (Fsp3) is 0.538. The summed E-state index contributed by atoms with van der Waals surface area (Å²) in [5.41, 5.74) is 1.05. The van der Waals surface area contributed by atoms with Crippen LogP contribution in [-0.4, -0.2) is 43.9 Å². The van der Waals surface area contributed by atoms with E-state index in [1.54, 1.807) is 14.2 Å². The fourth-order valence-corrected chi connectivity index (χ4v) is 1.57. The molecule has 0 fully saturated rings. The van der Waals surface area contributed by atoms with Gasteiger partial charge in [-0.25, -0.2) is 0 Å². The average molecular weight is 239 g/mol. The molecule has 0 aliphatic rings. The summed E-state index contributed by atoms with van der Waals surface area (Å²) in [6, 6.07) is 5.84. The van der Waals surface area contributed by atoms with Crippen LogP contribution in [0.25, 0.3) is 0 Å². The minimum atomic E-state index is 0.117. The van der Waals surface area contributed by atoms with E-state index in [0.29, 0.717) is 6.54 Å². The smallest absolute Gasteiger partial charge is 0.123 e. The molecule has 1 unspecified atom stereocenters. The van der Waals surface area contributed by atoms with Crippen molar-refractivity contribution in [1.29, 1.82) is 0 Å². The lowest BCUT2D eigenvalue weighted by molar-refractivity contribution is 0.153. The molecule has 96 valence electrons. The first-order valence-electron chi connectivity index (χ1n) is 5.64. The molecular formula is C13H21NO3. The van der Waals surface area contributed by atoms with Gasteiger partial charge in [-0.15, -0.1) is 0 Å². The zero-order valence-corrected chi connectivity index (χ0v) is 10.9. The molecule has 0 aromatic heterocycles. The van der Waals surface area contributed by atoms with Gasteiger partial charge in [0.1, 0.15) is 11.5 Å². The summed E-state index contributed by atoms with van der Waals surface area (Å²) in [4.78, 5) is 2.07. The maximum absolute atomic E-state index is 9.11. The molecule has 0 radical (unpaired) electrons. The van der Waals surface area contributed by atoms with E-state index in [1.165, 1.54) is 0 Å². The molecule has 0 saturated carbocycles. The van der Waals surface area contributed by atoms with E-state index in [-0.39, 0.29) is 12.6 Å². The summed E-state index contributed by atoms with van der Waals surface area (Å²) in [7, 11) is 5.27. The number of aliphatic hydroxyl groups excluding tert-OH is 1. The zero-order valence-electron chi connectivity index (χ0n) is 10.9. The van der Waals surface area contributed by atoms with Gasteiger partial charge in [-0.2, -0.15) is 0 Å². The second-order valence-electron chi connectivity index (χ2n) is 4.12. The van der Waals surface area contributed by atoms with Crippen molar-refractivity contribution in [3.8, 4) is 11.5 Å². The molecule has 4 heteroatoms. The van der Waals surface area contributed by atoms with Crippen LogP contribution in [0.1, 0.15) is 12.5 Å². The monoisotopic (exact) mass is 239 g/mol. The summed E-state index contributed by atoms with van der Waals surface area (Å²) in [6.07, 6.45) is 0. The number of likely N-dealkylation sites (N-methyl/N-ethyl adjacent to an activating group) is 1. The van der Waals surface area contributed by atoms with Crippen molar-refractivity contribution in [2.75, 3.05) is 27.9 Å². The maximum atomic E-state index is 9.11. The first kappa shape index (κ1) is 13.8. The third-order valence-corrected chi connectivity index (χ3v) is 2.92. The number of rotatable bonds is 6. The highest BCUT2D eigenvalue weighted by Gasteiger charge is 2.12. The lowest BCUT2D eigenvalue weighted by Crippen LogP contribution is -2.31. The van der Waals surface area contributed by atoms with Gasteiger partial charge < -0.3 is 14.6 Å². The predicted molar refractivity (Wildman–Crippen MR) is 67.6 cm³/mol. The van der Waals surface area contributed by atoms with Gasteiger partial charge in [0.2, 0.25) is 0 Å². The number of ether oxygens (including phenoxy) is 2. The summed E-state index contributed by atoms with van der Waals surface area (Å²) < 4.78 is 10.5. The Labute approximate surface area is 103 Å². The first-order chi connectivity index (χ1) is 8.12. The van der Waals surface area contributed by atoms with E-state index < -0.39 is 0 Å². The summed E-state index contributed by atoms with van der Waals surface area (Å²) in [6.45, 7) is 2.83. The highest BCUT2D eigenvalue weighted by molar-refractivity contribution is 5.40. The number of nitrogens with zero attached hydrogens (tertiary/aromatic N) is 1. The van der Waals surface area contributed by atoms with E-state index >= 15 is 0 Å². The minimum absolute atomic E-state index is 0.117. The first-order valence-corrected chi connectivity index (χ1v) is 5.64. The molecule has 0 amide bonds. The third kappa shape index (κ3) is 3.61. The van der Waals surface area contributed by atoms with Gasteiger partial charge in [-0.05, 0) is 32.2 Å². The molecule has 1 aromatic carbocycles. The Bertz CT molecular complexity index is 355. The Balaban J connectivity index is 2.87. The van der Waals surface area contributed by atoms with Crippen LogP contribution in [0, 0.1) is 0 Å². The van der Waals surface area contributed by atoms with Gasteiger partial charge in [0, 0.05) is 18.2 Å². The quantitative estimate of drug-likeness (QED) is 0.817. The molecule has 1 rings (SSSR count). The predicted octanol–water partition coefficient (Wildman–Crippen LogP) is 1.52. The Kier molecular flexibility index (Phi) is 5.25. The van der Waals surface area contributed by atoms with Crippen LogP contribution in [0.2, 0.25) is 0 Å². The van der Waals surface area contributed by atoms with Crippen molar-refractivity contribution in [3.05, 3.63) is 23.8 Å². The number of hydrogen-bond donors (Lipinski definition) is 1. The SMILES string of the molecule is COc1ccc(OC)c(CN(C)C(C)CO)c1. The molecule has 0 aliphatic heterocycles. The molecule has 0 aliphatic carbocycles. The fourth-order valence-electron chi connectivity index (χ4n) is 1.57. The second kappa shape index (κ2) is 6.47. The normalized spacial score (nSPS) is 12.6. The van der Waals surface area contributed by atoms with Gasteiger partial charge in [0.05, 0.1) is 20.8 Å². The molecule has 0 saturated heterocycles. The van der Waals surface area contributed by atoms with Crippen molar-refractivity contribution in [2.24, 2.45) is 0 Å². The Morgan fingerprint density at radius 1 is 1.29 bits per heavy atom. The number of methoxy groups -OCH3 is 2. The number of aliphatic hydroxyl groups is 1. The minimum Gasteiger partial charge on any atom is -0.497 e. The van der Waals surface area contributed by atoms with Crippen molar-refractivity contribution >= 4 is 0 Å². The van der Waals surface area contributed by atoms with E-state index in [4.69, 9.17) is 14.6 Å². The van der Waals surface area contributed by atoms with Crippen LogP contribution in [-0.2, 0) is 6.54 Å². The zero-order chi connectivity index (χ0) is 12.8. The number of hydrogen-bond acceptors (Lipinski definition) is 4. The Morgan fingerprint density at radius 2 is 2.00 bits per heavy atom. The molecular weight excluding hydrogens is 218 g/mol. The van der Waals surface area contributed by atoms with Crippen molar-refractivity contribution in [1.82, 2.24) is 4.90 Å². The van der Waals surface area contributed by atoms with E-state index in [0.717, 1.165) is 17.1 Å². The highest BCUT2D eigenvalue weighted by Crippen LogP contribution is 2.25. The third-order valence-electron chi connectivity index (χ3n) is 2.92. The van der Waals surface area contributed by atoms with Gasteiger partial charge in [0.25, 0.3) is 0 Å². The molecule has 1 atom stereocenters. The van der Waals surface area contributed by atoms with Gasteiger partial charge in [-0.1, -0.05) is 0 Å². The lowest BCUT2D eigenvalue weighted by Gasteiger charge is -2.23. The second-order valence-corrected chi connectivity index (χ2v) is 4.12. The van der Waals surface area contributed by atoms with Crippen molar-refractivity contribution < 1.29 is 14.6 Å². The van der Waals surface area contributed by atoms with Crippen LogP contribution in [0.15, 0.2) is 18.2 Å². The van der Waals surface area contributed by atoms with Crippen molar-refractivity contribution in [3.63, 3.8) is 0 Å². The highest BCUT2D eigenvalue weighted by atomic mass is 16.5. The Morgan fingerprint density at radius 3 is 2.53 bits per heavy atom. The molecule has 1 aromatic rings. The van der Waals surface area contributed by atoms with E-state index in [9.17, 15) is 0 Å². The Hall–Kier alpha value is -1.26. The van der Waals surface area contributed by atoms with Gasteiger partial charge in [0.15, 0.2) is 0 Å². The molecule has 4 nitrogen and oxygen atoms in total. The average Bonchev–Trinajstić information content (AvgIpc) is 2.37. The van der Waals surface area contributed by atoms with Crippen LogP contribution >= 0.6 is 0 Å². The topological polar surface area (TPSA) is 41.9 Å². The maximum Gasteiger partial charge on any atom is 0.123 e. The van der Waals surface area contributed by atoms with Gasteiger partial charge >= 0.3 is 0 Å². The summed E-state index contributed by atoms with van der Waals surface area (Å²) >= 11 is 0. The molecule has 17 heavy (non-hydrogen) atoms. The van der Waals surface area contributed by atoms with Crippen LogP contribution < -0.4 is 9.47 Å². The molecule has 0 bridgehead atoms. The largest absolute Gasteiger partial charge is 0.497 e. The van der Waals surface area contributed by atoms with Gasteiger partial charge in [-0.3, -0.25) is 4.90 Å².